The Morgan fingerprint density at radius 2 is 2.04 bits per heavy atom. The number of carbonyl (C=O) groups excluding carboxylic acids is 1. The normalized spacial score (nSPS) is 19.4. The maximum absolute atomic E-state index is 12.5. The summed E-state index contributed by atoms with van der Waals surface area (Å²) in [6.07, 6.45) is -2.41. The number of halogens is 3. The molecule has 0 saturated carbocycles. The van der Waals surface area contributed by atoms with Gasteiger partial charge in [-0.1, -0.05) is 12.1 Å². The number of carbonyl (C=O) groups is 1. The van der Waals surface area contributed by atoms with E-state index in [0.29, 0.717) is 12.2 Å². The van der Waals surface area contributed by atoms with Gasteiger partial charge in [-0.3, -0.25) is 0 Å². The highest BCUT2D eigenvalue weighted by molar-refractivity contribution is 5.74. The molecular formula is C16H21F3N2O2. The van der Waals surface area contributed by atoms with E-state index in [2.05, 4.69) is 5.32 Å². The van der Waals surface area contributed by atoms with E-state index in [9.17, 15) is 18.0 Å². The van der Waals surface area contributed by atoms with Gasteiger partial charge in [0.15, 0.2) is 0 Å². The van der Waals surface area contributed by atoms with Crippen LogP contribution in [0.1, 0.15) is 30.9 Å². The SMILES string of the molecule is C[C@H](NC(=O)N(C)Cc1ccc(C(F)(F)F)cc1)[C@@H]1CCCO1. The number of hydrogen-bond acceptors (Lipinski definition) is 2. The second kappa shape index (κ2) is 7.21. The fourth-order valence-electron chi connectivity index (χ4n) is 2.54. The van der Waals surface area contributed by atoms with Gasteiger partial charge in [0.05, 0.1) is 17.7 Å². The van der Waals surface area contributed by atoms with Crippen molar-refractivity contribution in [2.75, 3.05) is 13.7 Å². The van der Waals surface area contributed by atoms with E-state index < -0.39 is 11.7 Å². The number of benzene rings is 1. The van der Waals surface area contributed by atoms with Gasteiger partial charge in [0.2, 0.25) is 0 Å². The molecule has 1 fully saturated rings. The Kier molecular flexibility index (Phi) is 5.51. The molecule has 1 aromatic carbocycles. The summed E-state index contributed by atoms with van der Waals surface area (Å²) in [7, 11) is 1.61. The molecule has 2 atom stereocenters. The molecule has 23 heavy (non-hydrogen) atoms. The van der Waals surface area contributed by atoms with Crippen LogP contribution < -0.4 is 5.32 Å². The monoisotopic (exact) mass is 330 g/mol. The highest BCUT2D eigenvalue weighted by Crippen LogP contribution is 2.29. The average molecular weight is 330 g/mol. The standard InChI is InChI=1S/C16H21F3N2O2/c1-11(14-4-3-9-23-14)20-15(22)21(2)10-12-5-7-13(8-6-12)16(17,18)19/h5-8,11,14H,3-4,9-10H2,1-2H3,(H,20,22)/t11-,14-/m0/s1. The van der Waals surface area contributed by atoms with Crippen molar-refractivity contribution in [1.29, 1.82) is 0 Å². The van der Waals surface area contributed by atoms with Crippen LogP contribution in [0, 0.1) is 0 Å². The number of alkyl halides is 3. The van der Waals surface area contributed by atoms with E-state index in [1.165, 1.54) is 17.0 Å². The van der Waals surface area contributed by atoms with Crippen molar-refractivity contribution in [3.8, 4) is 0 Å². The fraction of sp³-hybridized carbons (Fsp3) is 0.562. The molecule has 0 aromatic heterocycles. The van der Waals surface area contributed by atoms with Crippen LogP contribution in [0.25, 0.3) is 0 Å². The predicted molar refractivity (Wildman–Crippen MR) is 79.9 cm³/mol. The third-order valence-electron chi connectivity index (χ3n) is 3.92. The number of hydrogen-bond donors (Lipinski definition) is 1. The Morgan fingerprint density at radius 1 is 1.39 bits per heavy atom. The highest BCUT2D eigenvalue weighted by atomic mass is 19.4. The molecule has 1 aromatic rings. The smallest absolute Gasteiger partial charge is 0.376 e. The predicted octanol–water partition coefficient (Wildman–Crippen LogP) is 3.41. The Hall–Kier alpha value is -1.76. The van der Waals surface area contributed by atoms with E-state index in [0.717, 1.165) is 25.0 Å². The molecule has 2 rings (SSSR count). The molecule has 1 N–H and O–H groups in total. The van der Waals surface area contributed by atoms with Crippen LogP contribution in [0.3, 0.4) is 0 Å². The van der Waals surface area contributed by atoms with Crippen LogP contribution in [0.2, 0.25) is 0 Å². The van der Waals surface area contributed by atoms with Crippen molar-refractivity contribution in [3.63, 3.8) is 0 Å². The Morgan fingerprint density at radius 3 is 2.57 bits per heavy atom. The minimum Gasteiger partial charge on any atom is -0.376 e. The highest BCUT2D eigenvalue weighted by Gasteiger charge is 2.30. The molecule has 4 nitrogen and oxygen atoms in total. The summed E-state index contributed by atoms with van der Waals surface area (Å²) in [5.41, 5.74) is -0.0548. The molecule has 1 aliphatic rings. The summed E-state index contributed by atoms with van der Waals surface area (Å²) in [6.45, 7) is 2.84. The second-order valence-electron chi connectivity index (χ2n) is 5.84. The quantitative estimate of drug-likeness (QED) is 0.919. The lowest BCUT2D eigenvalue weighted by atomic mass is 10.1. The third-order valence-corrected chi connectivity index (χ3v) is 3.92. The Balaban J connectivity index is 1.87. The van der Waals surface area contributed by atoms with E-state index in [4.69, 9.17) is 4.74 Å². The zero-order chi connectivity index (χ0) is 17.0. The van der Waals surface area contributed by atoms with Crippen molar-refractivity contribution in [2.24, 2.45) is 0 Å². The van der Waals surface area contributed by atoms with Gasteiger partial charge in [0.1, 0.15) is 0 Å². The van der Waals surface area contributed by atoms with E-state index in [1.807, 2.05) is 6.92 Å². The molecule has 0 radical (unpaired) electrons. The Bertz CT molecular complexity index is 525. The molecule has 1 heterocycles. The number of ether oxygens (including phenoxy) is 1. The van der Waals surface area contributed by atoms with Gasteiger partial charge in [-0.05, 0) is 37.5 Å². The minimum absolute atomic E-state index is 0.0263. The largest absolute Gasteiger partial charge is 0.416 e. The lowest BCUT2D eigenvalue weighted by Gasteiger charge is -2.24. The zero-order valence-electron chi connectivity index (χ0n) is 13.2. The first kappa shape index (κ1) is 17.6. The first-order valence-corrected chi connectivity index (χ1v) is 7.57. The molecule has 2 amide bonds. The van der Waals surface area contributed by atoms with E-state index in [-0.39, 0.29) is 24.7 Å². The van der Waals surface area contributed by atoms with E-state index in [1.54, 1.807) is 7.05 Å². The number of nitrogens with one attached hydrogen (secondary N) is 1. The Labute approximate surface area is 133 Å². The van der Waals surface area contributed by atoms with Crippen molar-refractivity contribution >= 4 is 6.03 Å². The van der Waals surface area contributed by atoms with Crippen molar-refractivity contribution in [3.05, 3.63) is 35.4 Å². The molecule has 1 saturated heterocycles. The van der Waals surface area contributed by atoms with Crippen LogP contribution in [0.15, 0.2) is 24.3 Å². The maximum Gasteiger partial charge on any atom is 0.416 e. The number of urea groups is 1. The van der Waals surface area contributed by atoms with Gasteiger partial charge in [-0.25, -0.2) is 4.79 Å². The molecule has 0 spiro atoms. The summed E-state index contributed by atoms with van der Waals surface area (Å²) in [5, 5.41) is 2.86. The summed E-state index contributed by atoms with van der Waals surface area (Å²) in [6, 6.07) is 4.45. The molecular weight excluding hydrogens is 309 g/mol. The molecule has 0 bridgehead atoms. The third kappa shape index (κ3) is 4.86. The molecule has 0 unspecified atom stereocenters. The first-order valence-electron chi connectivity index (χ1n) is 7.57. The molecule has 7 heteroatoms. The van der Waals surface area contributed by atoms with E-state index >= 15 is 0 Å². The minimum atomic E-state index is -4.35. The van der Waals surface area contributed by atoms with Crippen molar-refractivity contribution < 1.29 is 22.7 Å². The summed E-state index contributed by atoms with van der Waals surface area (Å²) in [4.78, 5) is 13.6. The van der Waals surface area contributed by atoms with Crippen molar-refractivity contribution in [2.45, 2.75) is 44.6 Å². The maximum atomic E-state index is 12.5. The van der Waals surface area contributed by atoms with Gasteiger partial charge in [0.25, 0.3) is 0 Å². The number of nitrogens with zero attached hydrogens (tertiary/aromatic N) is 1. The van der Waals surface area contributed by atoms with Crippen molar-refractivity contribution in [1.82, 2.24) is 10.2 Å². The summed E-state index contributed by atoms with van der Waals surface area (Å²) >= 11 is 0. The van der Waals surface area contributed by atoms with Gasteiger partial charge >= 0.3 is 12.2 Å². The van der Waals surface area contributed by atoms with Gasteiger partial charge in [-0.15, -0.1) is 0 Å². The number of amides is 2. The molecule has 1 aliphatic heterocycles. The van der Waals surface area contributed by atoms with Crippen LogP contribution in [0.4, 0.5) is 18.0 Å². The molecule has 128 valence electrons. The van der Waals surface area contributed by atoms with Crippen LogP contribution in [0.5, 0.6) is 0 Å². The van der Waals surface area contributed by atoms with Gasteiger partial charge < -0.3 is 15.0 Å². The lowest BCUT2D eigenvalue weighted by molar-refractivity contribution is -0.137. The lowest BCUT2D eigenvalue weighted by Crippen LogP contribution is -2.46. The van der Waals surface area contributed by atoms with Gasteiger partial charge in [-0.2, -0.15) is 13.2 Å². The zero-order valence-corrected chi connectivity index (χ0v) is 13.2. The van der Waals surface area contributed by atoms with Crippen LogP contribution in [-0.2, 0) is 17.5 Å². The summed E-state index contributed by atoms with van der Waals surface area (Å²) < 4.78 is 43.1. The second-order valence-corrected chi connectivity index (χ2v) is 5.84. The first-order chi connectivity index (χ1) is 10.8. The average Bonchev–Trinajstić information content (AvgIpc) is 3.01. The van der Waals surface area contributed by atoms with Crippen LogP contribution in [-0.4, -0.2) is 36.7 Å². The van der Waals surface area contributed by atoms with Gasteiger partial charge in [0, 0.05) is 20.2 Å². The molecule has 0 aliphatic carbocycles. The summed E-state index contributed by atoms with van der Waals surface area (Å²) in [5.74, 6) is 0. The number of rotatable bonds is 4. The fourth-order valence-corrected chi connectivity index (χ4v) is 2.54. The van der Waals surface area contributed by atoms with Crippen LogP contribution >= 0.6 is 0 Å². The topological polar surface area (TPSA) is 41.6 Å².